The maximum absolute atomic E-state index is 12.4. The highest BCUT2D eigenvalue weighted by Gasteiger charge is 2.22. The van der Waals surface area contributed by atoms with E-state index in [2.05, 4.69) is 43.5 Å². The largest absolute Gasteiger partial charge is 0.394 e. The predicted molar refractivity (Wildman–Crippen MR) is 231 cm³/mol. The Kier molecular flexibility index (Phi) is 42.1. The summed E-state index contributed by atoms with van der Waals surface area (Å²) in [6.45, 7) is 4.10. The fraction of sp³-hybridized carbons (Fsp3) is 0.854. The van der Waals surface area contributed by atoms with Crippen molar-refractivity contribution in [3.8, 4) is 0 Å². The molecule has 0 aliphatic rings. The summed E-state index contributed by atoms with van der Waals surface area (Å²) in [7, 11) is 0. The van der Waals surface area contributed by atoms with Gasteiger partial charge in [0.15, 0.2) is 0 Å². The molecule has 0 heterocycles. The van der Waals surface area contributed by atoms with Crippen molar-refractivity contribution in [3.63, 3.8) is 0 Å². The third-order valence-electron chi connectivity index (χ3n) is 10.7. The zero-order chi connectivity index (χ0) is 38.7. The number of carbonyl (C=O) groups excluding carboxylic acids is 1. The van der Waals surface area contributed by atoms with Crippen molar-refractivity contribution in [1.29, 1.82) is 0 Å². The molecule has 3 unspecified atom stereocenters. The normalized spacial score (nSPS) is 13.8. The third kappa shape index (κ3) is 38.6. The van der Waals surface area contributed by atoms with Crippen LogP contribution < -0.4 is 5.32 Å². The van der Waals surface area contributed by atoms with Gasteiger partial charge in [-0.05, 0) is 38.5 Å². The maximum Gasteiger partial charge on any atom is 0.249 e. The van der Waals surface area contributed by atoms with E-state index in [9.17, 15) is 20.1 Å². The molecular formula is C48H91NO4. The topological polar surface area (TPSA) is 89.8 Å². The molecule has 0 bridgehead atoms. The fourth-order valence-electron chi connectivity index (χ4n) is 7.05. The molecule has 0 spiro atoms. The predicted octanol–water partition coefficient (Wildman–Crippen LogP) is 13.5. The molecule has 1 amide bonds. The van der Waals surface area contributed by atoms with Gasteiger partial charge in [0, 0.05) is 0 Å². The zero-order valence-electron chi connectivity index (χ0n) is 35.4. The van der Waals surface area contributed by atoms with E-state index in [1.54, 1.807) is 6.08 Å². The quantitative estimate of drug-likeness (QED) is 0.0370. The van der Waals surface area contributed by atoms with Crippen molar-refractivity contribution >= 4 is 5.91 Å². The van der Waals surface area contributed by atoms with E-state index in [4.69, 9.17) is 0 Å². The standard InChI is InChI=1S/C48H91NO4/c1-3-5-7-9-11-13-15-16-17-18-19-20-21-22-23-24-25-26-27-28-29-30-31-33-35-37-39-41-43-47(52)48(53)49-45(44-50)46(51)42-40-38-36-34-32-14-12-10-8-6-4-2/h8,10,32,34,40,42,45-47,50-52H,3-7,9,11-31,33,35-39,41,43-44H2,1-2H3,(H,49,53)/b10-8+,34-32+,42-40+. The summed E-state index contributed by atoms with van der Waals surface area (Å²) in [5.41, 5.74) is 0. The molecule has 5 heteroatoms. The van der Waals surface area contributed by atoms with E-state index in [0.29, 0.717) is 6.42 Å². The van der Waals surface area contributed by atoms with Crippen LogP contribution in [0.15, 0.2) is 36.5 Å². The third-order valence-corrected chi connectivity index (χ3v) is 10.7. The van der Waals surface area contributed by atoms with Gasteiger partial charge in [-0.15, -0.1) is 0 Å². The van der Waals surface area contributed by atoms with Crippen LogP contribution in [0.4, 0.5) is 0 Å². The van der Waals surface area contributed by atoms with Crippen molar-refractivity contribution in [3.05, 3.63) is 36.5 Å². The number of allylic oxidation sites excluding steroid dienone is 5. The molecule has 0 fully saturated rings. The molecule has 53 heavy (non-hydrogen) atoms. The van der Waals surface area contributed by atoms with Crippen LogP contribution in [0.5, 0.6) is 0 Å². The van der Waals surface area contributed by atoms with Crippen molar-refractivity contribution in [2.24, 2.45) is 0 Å². The van der Waals surface area contributed by atoms with Gasteiger partial charge < -0.3 is 20.6 Å². The minimum atomic E-state index is -1.11. The van der Waals surface area contributed by atoms with Gasteiger partial charge >= 0.3 is 0 Å². The highest BCUT2D eigenvalue weighted by atomic mass is 16.3. The molecule has 0 saturated carbocycles. The first-order chi connectivity index (χ1) is 26.1. The van der Waals surface area contributed by atoms with Crippen LogP contribution in [-0.2, 0) is 4.79 Å². The van der Waals surface area contributed by atoms with E-state index in [-0.39, 0.29) is 6.61 Å². The second-order valence-corrected chi connectivity index (χ2v) is 16.0. The van der Waals surface area contributed by atoms with Crippen LogP contribution in [0, 0.1) is 0 Å². The van der Waals surface area contributed by atoms with Gasteiger partial charge in [-0.1, -0.05) is 237 Å². The van der Waals surface area contributed by atoms with Gasteiger partial charge in [0.25, 0.3) is 0 Å². The lowest BCUT2D eigenvalue weighted by atomic mass is 10.0. The Hall–Kier alpha value is -1.43. The van der Waals surface area contributed by atoms with Crippen molar-refractivity contribution in [2.45, 2.75) is 257 Å². The zero-order valence-corrected chi connectivity index (χ0v) is 35.4. The molecule has 5 nitrogen and oxygen atoms in total. The summed E-state index contributed by atoms with van der Waals surface area (Å²) in [5, 5.41) is 33.0. The fourth-order valence-corrected chi connectivity index (χ4v) is 7.05. The second kappa shape index (κ2) is 43.3. The van der Waals surface area contributed by atoms with Crippen molar-refractivity contribution in [2.75, 3.05) is 6.61 Å². The van der Waals surface area contributed by atoms with Gasteiger partial charge in [0.2, 0.25) is 5.91 Å². The van der Waals surface area contributed by atoms with E-state index < -0.39 is 24.2 Å². The molecule has 0 aromatic carbocycles. The van der Waals surface area contributed by atoms with Gasteiger partial charge in [-0.3, -0.25) is 4.79 Å². The van der Waals surface area contributed by atoms with Crippen LogP contribution >= 0.6 is 0 Å². The number of carbonyl (C=O) groups is 1. The Morgan fingerprint density at radius 3 is 1.11 bits per heavy atom. The average Bonchev–Trinajstić information content (AvgIpc) is 3.16. The van der Waals surface area contributed by atoms with E-state index in [1.807, 2.05) is 6.08 Å². The lowest BCUT2D eigenvalue weighted by Gasteiger charge is -2.21. The number of nitrogens with one attached hydrogen (secondary N) is 1. The first-order valence-electron chi connectivity index (χ1n) is 23.3. The molecule has 0 aromatic heterocycles. The Bertz CT molecular complexity index is 824. The summed E-state index contributed by atoms with van der Waals surface area (Å²) in [6, 6.07) is -0.817. The van der Waals surface area contributed by atoms with Gasteiger partial charge in [0.1, 0.15) is 6.10 Å². The minimum absolute atomic E-state index is 0.380. The first-order valence-corrected chi connectivity index (χ1v) is 23.3. The summed E-state index contributed by atoms with van der Waals surface area (Å²) in [4.78, 5) is 12.4. The number of aliphatic hydroxyl groups excluding tert-OH is 3. The van der Waals surface area contributed by atoms with E-state index in [1.165, 1.54) is 167 Å². The van der Waals surface area contributed by atoms with Gasteiger partial charge in [-0.2, -0.15) is 0 Å². The molecule has 4 N–H and O–H groups in total. The number of hydrogen-bond acceptors (Lipinski definition) is 4. The van der Waals surface area contributed by atoms with Crippen LogP contribution in [0.25, 0.3) is 0 Å². The lowest BCUT2D eigenvalue weighted by molar-refractivity contribution is -0.131. The van der Waals surface area contributed by atoms with Crippen LogP contribution in [0.3, 0.4) is 0 Å². The van der Waals surface area contributed by atoms with Crippen LogP contribution in [0.2, 0.25) is 0 Å². The number of hydrogen-bond donors (Lipinski definition) is 4. The first kappa shape index (κ1) is 51.6. The molecule has 0 radical (unpaired) electrons. The highest BCUT2D eigenvalue weighted by Crippen LogP contribution is 2.17. The molecular weight excluding hydrogens is 655 g/mol. The molecule has 312 valence electrons. The van der Waals surface area contributed by atoms with E-state index >= 15 is 0 Å². The number of unbranched alkanes of at least 4 members (excludes halogenated alkanes) is 30. The summed E-state index contributed by atoms with van der Waals surface area (Å²) >= 11 is 0. The monoisotopic (exact) mass is 746 g/mol. The number of rotatable bonds is 42. The molecule has 0 saturated heterocycles. The average molecular weight is 746 g/mol. The summed E-state index contributed by atoms with van der Waals surface area (Å²) < 4.78 is 0. The molecule has 0 rings (SSSR count). The van der Waals surface area contributed by atoms with Gasteiger partial charge in [-0.25, -0.2) is 0 Å². The van der Waals surface area contributed by atoms with E-state index in [0.717, 1.165) is 51.4 Å². The minimum Gasteiger partial charge on any atom is -0.394 e. The highest BCUT2D eigenvalue weighted by molar-refractivity contribution is 5.80. The Balaban J connectivity index is 3.54. The molecule has 0 aliphatic heterocycles. The van der Waals surface area contributed by atoms with Crippen LogP contribution in [0.1, 0.15) is 239 Å². The Labute approximate surface area is 330 Å². The van der Waals surface area contributed by atoms with Gasteiger partial charge in [0.05, 0.1) is 18.8 Å². The second-order valence-electron chi connectivity index (χ2n) is 16.0. The Morgan fingerprint density at radius 1 is 0.453 bits per heavy atom. The molecule has 0 aromatic rings. The van der Waals surface area contributed by atoms with Crippen LogP contribution in [-0.4, -0.2) is 46.1 Å². The number of aliphatic hydroxyl groups is 3. The summed E-state index contributed by atoms with van der Waals surface area (Å²) in [6.07, 6.45) is 55.0. The molecule has 0 aliphatic carbocycles. The van der Waals surface area contributed by atoms with Crippen molar-refractivity contribution in [1.82, 2.24) is 5.32 Å². The number of amides is 1. The summed E-state index contributed by atoms with van der Waals surface area (Å²) in [5.74, 6) is -0.516. The lowest BCUT2D eigenvalue weighted by Crippen LogP contribution is -2.48. The molecule has 3 atom stereocenters. The maximum atomic E-state index is 12.4. The Morgan fingerprint density at radius 2 is 0.774 bits per heavy atom. The van der Waals surface area contributed by atoms with Crippen molar-refractivity contribution < 1.29 is 20.1 Å². The SMILES string of the molecule is CCC/C=C/CC/C=C/CC/C=C/C(O)C(CO)NC(=O)C(O)CCCCCCCCCCCCCCCCCCCCCCCCCCCCCC. The smallest absolute Gasteiger partial charge is 0.249 e.